The monoisotopic (exact) mass is 336 g/mol. The van der Waals surface area contributed by atoms with E-state index in [1.54, 1.807) is 6.92 Å². The number of aromatic hydroxyl groups is 1. The molecule has 0 unspecified atom stereocenters. The van der Waals surface area contributed by atoms with Crippen molar-refractivity contribution in [2.45, 2.75) is 26.7 Å². The van der Waals surface area contributed by atoms with Gasteiger partial charge in [0.2, 0.25) is 5.75 Å². The molecule has 0 atom stereocenters. The van der Waals surface area contributed by atoms with Crippen molar-refractivity contribution in [3.63, 3.8) is 0 Å². The zero-order chi connectivity index (χ0) is 17.5. The summed E-state index contributed by atoms with van der Waals surface area (Å²) in [5.74, 6) is -0.693. The van der Waals surface area contributed by atoms with Crippen LogP contribution in [0.25, 0.3) is 11.0 Å². The summed E-state index contributed by atoms with van der Waals surface area (Å²) in [5.41, 5.74) is -0.542. The first kappa shape index (κ1) is 17.7. The van der Waals surface area contributed by atoms with Gasteiger partial charge in [-0.2, -0.15) is 0 Å². The van der Waals surface area contributed by atoms with Crippen LogP contribution in [0.3, 0.4) is 0 Å². The minimum Gasteiger partial charge on any atom is -0.504 e. The molecule has 0 saturated heterocycles. The van der Waals surface area contributed by atoms with Gasteiger partial charge in [-0.15, -0.1) is 0 Å². The van der Waals surface area contributed by atoms with Gasteiger partial charge in [0.1, 0.15) is 11.3 Å². The summed E-state index contributed by atoms with van der Waals surface area (Å²) >= 11 is 0. The fraction of sp³-hybridized carbons (Fsp3) is 0.412. The summed E-state index contributed by atoms with van der Waals surface area (Å²) < 4.78 is 20.5. The van der Waals surface area contributed by atoms with Crippen molar-refractivity contribution in [2.24, 2.45) is 0 Å². The number of benzene rings is 1. The summed E-state index contributed by atoms with van der Waals surface area (Å²) in [6, 6.07) is 4.48. The van der Waals surface area contributed by atoms with E-state index in [0.717, 1.165) is 12.8 Å². The lowest BCUT2D eigenvalue weighted by Crippen LogP contribution is -2.14. The molecule has 7 nitrogen and oxygen atoms in total. The summed E-state index contributed by atoms with van der Waals surface area (Å²) in [4.78, 5) is 23.2. The van der Waals surface area contributed by atoms with Crippen molar-refractivity contribution in [1.29, 1.82) is 0 Å². The van der Waals surface area contributed by atoms with Gasteiger partial charge < -0.3 is 23.7 Å². The molecule has 0 saturated carbocycles. The van der Waals surface area contributed by atoms with Crippen LogP contribution < -0.4 is 15.1 Å². The number of rotatable bonds is 8. The van der Waals surface area contributed by atoms with Gasteiger partial charge in [0.05, 0.1) is 18.6 Å². The third-order valence-corrected chi connectivity index (χ3v) is 3.22. The van der Waals surface area contributed by atoms with Crippen molar-refractivity contribution < 1.29 is 28.5 Å². The number of fused-ring (bicyclic) bond motifs is 1. The number of unbranched alkanes of at least 4 members (excludes halogenated alkanes) is 1. The zero-order valence-electron chi connectivity index (χ0n) is 13.7. The molecule has 0 amide bonds. The Bertz CT molecular complexity index is 763. The van der Waals surface area contributed by atoms with Gasteiger partial charge in [0.15, 0.2) is 12.4 Å². The highest BCUT2D eigenvalue weighted by molar-refractivity contribution is 5.86. The second-order valence-electron chi connectivity index (χ2n) is 5.02. The van der Waals surface area contributed by atoms with Crippen molar-refractivity contribution >= 4 is 16.9 Å². The predicted molar refractivity (Wildman–Crippen MR) is 86.7 cm³/mol. The number of ether oxygens (including phenoxy) is 3. The minimum absolute atomic E-state index is 0.198. The number of hydrogen-bond acceptors (Lipinski definition) is 7. The van der Waals surface area contributed by atoms with E-state index in [4.69, 9.17) is 18.6 Å². The van der Waals surface area contributed by atoms with Crippen LogP contribution in [-0.2, 0) is 9.53 Å². The SMILES string of the molecule is CCCCOc1c(O)c2cc(OCC(=O)OCC)ccc2oc1=O. The molecule has 24 heavy (non-hydrogen) atoms. The molecular weight excluding hydrogens is 316 g/mol. The Morgan fingerprint density at radius 3 is 2.75 bits per heavy atom. The molecule has 2 rings (SSSR count). The number of esters is 1. The molecule has 1 N–H and O–H groups in total. The molecule has 1 aromatic heterocycles. The average molecular weight is 336 g/mol. The Labute approximate surface area is 138 Å². The Hall–Kier alpha value is -2.70. The first-order valence-electron chi connectivity index (χ1n) is 7.77. The standard InChI is InChI=1S/C17H20O7/c1-3-5-8-22-16-15(19)12-9-11(23-10-14(18)21-4-2)6-7-13(12)24-17(16)20/h6-7,9,19H,3-5,8,10H2,1-2H3. The van der Waals surface area contributed by atoms with E-state index < -0.39 is 11.6 Å². The maximum Gasteiger partial charge on any atom is 0.383 e. The van der Waals surface area contributed by atoms with E-state index >= 15 is 0 Å². The second-order valence-corrected chi connectivity index (χ2v) is 5.02. The molecule has 0 aliphatic heterocycles. The highest BCUT2D eigenvalue weighted by atomic mass is 16.6. The first-order chi connectivity index (χ1) is 11.6. The van der Waals surface area contributed by atoms with E-state index in [0.29, 0.717) is 12.4 Å². The van der Waals surface area contributed by atoms with Gasteiger partial charge in [0, 0.05) is 0 Å². The summed E-state index contributed by atoms with van der Waals surface area (Å²) in [5, 5.41) is 10.5. The van der Waals surface area contributed by atoms with Crippen LogP contribution in [-0.4, -0.2) is 30.9 Å². The number of carbonyl (C=O) groups excluding carboxylic acids is 1. The highest BCUT2D eigenvalue weighted by Gasteiger charge is 2.16. The van der Waals surface area contributed by atoms with Crippen molar-refractivity contribution in [2.75, 3.05) is 19.8 Å². The quantitative estimate of drug-likeness (QED) is 0.450. The summed E-state index contributed by atoms with van der Waals surface area (Å²) in [6.45, 7) is 4.01. The molecule has 0 bridgehead atoms. The van der Waals surface area contributed by atoms with Crippen molar-refractivity contribution in [3.05, 3.63) is 28.6 Å². The highest BCUT2D eigenvalue weighted by Crippen LogP contribution is 2.33. The summed E-state index contributed by atoms with van der Waals surface area (Å²) in [7, 11) is 0. The number of carbonyl (C=O) groups is 1. The molecule has 0 aliphatic carbocycles. The lowest BCUT2D eigenvalue weighted by molar-refractivity contribution is -0.145. The van der Waals surface area contributed by atoms with Crippen LogP contribution in [0.2, 0.25) is 0 Å². The largest absolute Gasteiger partial charge is 0.504 e. The molecule has 1 aromatic carbocycles. The van der Waals surface area contributed by atoms with Crippen LogP contribution >= 0.6 is 0 Å². The van der Waals surface area contributed by atoms with Gasteiger partial charge in [-0.1, -0.05) is 13.3 Å². The van der Waals surface area contributed by atoms with Crippen LogP contribution in [0.5, 0.6) is 17.2 Å². The van der Waals surface area contributed by atoms with E-state index in [1.165, 1.54) is 18.2 Å². The van der Waals surface area contributed by atoms with Crippen LogP contribution in [0, 0.1) is 0 Å². The van der Waals surface area contributed by atoms with Gasteiger partial charge in [-0.25, -0.2) is 9.59 Å². The summed E-state index contributed by atoms with van der Waals surface area (Å²) in [6.07, 6.45) is 1.64. The van der Waals surface area contributed by atoms with Gasteiger partial charge in [-0.05, 0) is 31.5 Å². The Kier molecular flexibility index (Phi) is 6.06. The van der Waals surface area contributed by atoms with E-state index in [2.05, 4.69) is 0 Å². The fourth-order valence-corrected chi connectivity index (χ4v) is 2.03. The first-order valence-corrected chi connectivity index (χ1v) is 7.77. The average Bonchev–Trinajstić information content (AvgIpc) is 2.56. The maximum absolute atomic E-state index is 11.9. The normalized spacial score (nSPS) is 10.6. The Morgan fingerprint density at radius 1 is 1.25 bits per heavy atom. The molecule has 2 aromatic rings. The molecule has 0 fully saturated rings. The fourth-order valence-electron chi connectivity index (χ4n) is 2.03. The smallest absolute Gasteiger partial charge is 0.383 e. The predicted octanol–water partition coefficient (Wildman–Crippen LogP) is 2.62. The lowest BCUT2D eigenvalue weighted by atomic mass is 10.2. The third kappa shape index (κ3) is 4.18. The van der Waals surface area contributed by atoms with Gasteiger partial charge in [0.25, 0.3) is 0 Å². The lowest BCUT2D eigenvalue weighted by Gasteiger charge is -2.10. The van der Waals surface area contributed by atoms with Crippen molar-refractivity contribution in [1.82, 2.24) is 0 Å². The van der Waals surface area contributed by atoms with Crippen LogP contribution in [0.4, 0.5) is 0 Å². The number of hydrogen-bond donors (Lipinski definition) is 1. The zero-order valence-corrected chi connectivity index (χ0v) is 13.7. The van der Waals surface area contributed by atoms with E-state index in [-0.39, 0.29) is 35.7 Å². The van der Waals surface area contributed by atoms with Gasteiger partial charge in [-0.3, -0.25) is 0 Å². The van der Waals surface area contributed by atoms with Crippen LogP contribution in [0.15, 0.2) is 27.4 Å². The maximum atomic E-state index is 11.9. The second kappa shape index (κ2) is 8.24. The molecule has 7 heteroatoms. The molecule has 0 radical (unpaired) electrons. The molecule has 0 aliphatic rings. The molecule has 0 spiro atoms. The molecule has 1 heterocycles. The Balaban J connectivity index is 2.26. The van der Waals surface area contributed by atoms with E-state index in [9.17, 15) is 14.7 Å². The minimum atomic E-state index is -0.740. The molecule has 130 valence electrons. The third-order valence-electron chi connectivity index (χ3n) is 3.22. The van der Waals surface area contributed by atoms with E-state index in [1.807, 2.05) is 6.92 Å². The van der Waals surface area contributed by atoms with Crippen molar-refractivity contribution in [3.8, 4) is 17.2 Å². The molecular formula is C17H20O7. The Morgan fingerprint density at radius 2 is 2.04 bits per heavy atom. The van der Waals surface area contributed by atoms with Gasteiger partial charge >= 0.3 is 11.6 Å². The topological polar surface area (TPSA) is 95.2 Å². The van der Waals surface area contributed by atoms with Crippen LogP contribution in [0.1, 0.15) is 26.7 Å².